The van der Waals surface area contributed by atoms with Crippen molar-refractivity contribution in [2.45, 2.75) is 13.3 Å². The van der Waals surface area contributed by atoms with E-state index in [9.17, 15) is 0 Å². The summed E-state index contributed by atoms with van der Waals surface area (Å²) in [5.74, 6) is 0.834. The summed E-state index contributed by atoms with van der Waals surface area (Å²) in [6.45, 7) is 2.91. The molecule has 3 rings (SSSR count). The minimum atomic E-state index is 0.834. The van der Waals surface area contributed by atoms with Gasteiger partial charge in [0.25, 0.3) is 0 Å². The van der Waals surface area contributed by atoms with E-state index in [1.165, 1.54) is 5.56 Å². The molecule has 0 fully saturated rings. The van der Waals surface area contributed by atoms with Gasteiger partial charge in [-0.1, -0.05) is 30.3 Å². The van der Waals surface area contributed by atoms with E-state index >= 15 is 0 Å². The van der Waals surface area contributed by atoms with Crippen molar-refractivity contribution in [2.24, 2.45) is 0 Å². The molecule has 0 aliphatic rings. The standard InChI is InChI=1S/C19H20N2O/c1-14-12-18(20-11-10-15-6-4-3-5-7-15)17-9-8-16(22-2)13-19(17)21-14/h3-9,12-13H,10-11H2,1-2H3,(H,20,21). The summed E-state index contributed by atoms with van der Waals surface area (Å²) in [4.78, 5) is 4.59. The van der Waals surface area contributed by atoms with E-state index in [1.807, 2.05) is 25.1 Å². The van der Waals surface area contributed by atoms with Crippen LogP contribution in [-0.4, -0.2) is 18.6 Å². The monoisotopic (exact) mass is 292 g/mol. The van der Waals surface area contributed by atoms with Crippen LogP contribution in [0.2, 0.25) is 0 Å². The molecule has 2 aromatic carbocycles. The number of nitrogens with one attached hydrogen (secondary N) is 1. The van der Waals surface area contributed by atoms with Crippen molar-refractivity contribution in [1.82, 2.24) is 4.98 Å². The van der Waals surface area contributed by atoms with Gasteiger partial charge in [0.1, 0.15) is 5.75 Å². The zero-order valence-corrected chi connectivity index (χ0v) is 13.0. The van der Waals surface area contributed by atoms with Gasteiger partial charge >= 0.3 is 0 Å². The van der Waals surface area contributed by atoms with Crippen molar-refractivity contribution in [1.29, 1.82) is 0 Å². The van der Waals surface area contributed by atoms with Crippen LogP contribution in [0.3, 0.4) is 0 Å². The van der Waals surface area contributed by atoms with E-state index in [1.54, 1.807) is 7.11 Å². The lowest BCUT2D eigenvalue weighted by Gasteiger charge is -2.11. The summed E-state index contributed by atoms with van der Waals surface area (Å²) < 4.78 is 5.28. The highest BCUT2D eigenvalue weighted by atomic mass is 16.5. The Kier molecular flexibility index (Phi) is 4.24. The van der Waals surface area contributed by atoms with Crippen LogP contribution in [0, 0.1) is 6.92 Å². The van der Waals surface area contributed by atoms with Crippen molar-refractivity contribution >= 4 is 16.6 Å². The van der Waals surface area contributed by atoms with Crippen molar-refractivity contribution in [2.75, 3.05) is 19.0 Å². The fraction of sp³-hybridized carbons (Fsp3) is 0.211. The largest absolute Gasteiger partial charge is 0.497 e. The van der Waals surface area contributed by atoms with Gasteiger partial charge in [0.2, 0.25) is 0 Å². The summed E-state index contributed by atoms with van der Waals surface area (Å²) in [5.41, 5.74) is 4.43. The molecule has 0 unspecified atom stereocenters. The number of methoxy groups -OCH3 is 1. The Morgan fingerprint density at radius 3 is 2.64 bits per heavy atom. The lowest BCUT2D eigenvalue weighted by Crippen LogP contribution is -2.06. The van der Waals surface area contributed by atoms with E-state index in [0.717, 1.165) is 41.0 Å². The number of pyridine rings is 1. The molecule has 0 bridgehead atoms. The van der Waals surface area contributed by atoms with Gasteiger partial charge in [-0.2, -0.15) is 0 Å². The summed E-state index contributed by atoms with van der Waals surface area (Å²) in [7, 11) is 1.68. The van der Waals surface area contributed by atoms with E-state index < -0.39 is 0 Å². The Morgan fingerprint density at radius 1 is 1.05 bits per heavy atom. The normalized spacial score (nSPS) is 10.6. The van der Waals surface area contributed by atoms with Crippen molar-refractivity contribution in [3.63, 3.8) is 0 Å². The Bertz CT molecular complexity index is 769. The molecule has 0 saturated heterocycles. The van der Waals surface area contributed by atoms with Crippen LogP contribution in [-0.2, 0) is 6.42 Å². The molecule has 1 heterocycles. The first kappa shape index (κ1) is 14.4. The van der Waals surface area contributed by atoms with Crippen LogP contribution in [0.25, 0.3) is 10.9 Å². The van der Waals surface area contributed by atoms with E-state index in [2.05, 4.69) is 46.7 Å². The average molecular weight is 292 g/mol. The third kappa shape index (κ3) is 3.19. The number of ether oxygens (including phenoxy) is 1. The third-order valence-electron chi connectivity index (χ3n) is 3.72. The van der Waals surface area contributed by atoms with Gasteiger partial charge in [-0.15, -0.1) is 0 Å². The summed E-state index contributed by atoms with van der Waals surface area (Å²) in [6, 6.07) is 18.6. The molecule has 0 atom stereocenters. The Labute approximate surface area is 131 Å². The maximum atomic E-state index is 5.28. The van der Waals surface area contributed by atoms with Crippen LogP contribution in [0.1, 0.15) is 11.3 Å². The number of aryl methyl sites for hydroxylation is 1. The Balaban J connectivity index is 1.81. The van der Waals surface area contributed by atoms with Crippen LogP contribution < -0.4 is 10.1 Å². The SMILES string of the molecule is COc1ccc2c(NCCc3ccccc3)cc(C)nc2c1. The number of hydrogen-bond acceptors (Lipinski definition) is 3. The number of aromatic nitrogens is 1. The summed E-state index contributed by atoms with van der Waals surface area (Å²) in [6.07, 6.45) is 1.000. The summed E-state index contributed by atoms with van der Waals surface area (Å²) in [5, 5.41) is 4.66. The maximum absolute atomic E-state index is 5.28. The molecule has 22 heavy (non-hydrogen) atoms. The average Bonchev–Trinajstić information content (AvgIpc) is 2.55. The minimum absolute atomic E-state index is 0.834. The van der Waals surface area contributed by atoms with Crippen LogP contribution in [0.4, 0.5) is 5.69 Å². The number of fused-ring (bicyclic) bond motifs is 1. The molecule has 0 radical (unpaired) electrons. The van der Waals surface area contributed by atoms with Gasteiger partial charge in [-0.3, -0.25) is 4.98 Å². The van der Waals surface area contributed by atoms with Crippen LogP contribution in [0.15, 0.2) is 54.6 Å². The minimum Gasteiger partial charge on any atom is -0.497 e. The van der Waals surface area contributed by atoms with Gasteiger partial charge in [0.05, 0.1) is 12.6 Å². The van der Waals surface area contributed by atoms with E-state index in [4.69, 9.17) is 4.74 Å². The van der Waals surface area contributed by atoms with Crippen molar-refractivity contribution < 1.29 is 4.74 Å². The molecule has 0 spiro atoms. The first-order valence-corrected chi connectivity index (χ1v) is 7.49. The fourth-order valence-electron chi connectivity index (χ4n) is 2.60. The van der Waals surface area contributed by atoms with Gasteiger partial charge in [-0.05, 0) is 37.1 Å². The first-order chi connectivity index (χ1) is 10.8. The predicted molar refractivity (Wildman–Crippen MR) is 91.7 cm³/mol. The van der Waals surface area contributed by atoms with Gasteiger partial charge in [0.15, 0.2) is 0 Å². The molecule has 1 aromatic heterocycles. The number of anilines is 1. The molecule has 0 aliphatic carbocycles. The highest BCUT2D eigenvalue weighted by molar-refractivity contribution is 5.92. The molecule has 0 aliphatic heterocycles. The fourth-order valence-corrected chi connectivity index (χ4v) is 2.60. The number of nitrogens with zero attached hydrogens (tertiary/aromatic N) is 1. The second kappa shape index (κ2) is 6.48. The van der Waals surface area contributed by atoms with Crippen molar-refractivity contribution in [3.05, 3.63) is 65.9 Å². The highest BCUT2D eigenvalue weighted by Crippen LogP contribution is 2.26. The summed E-state index contributed by atoms with van der Waals surface area (Å²) >= 11 is 0. The van der Waals surface area contributed by atoms with E-state index in [0.29, 0.717) is 0 Å². The molecule has 0 saturated carbocycles. The molecule has 3 nitrogen and oxygen atoms in total. The number of rotatable bonds is 5. The van der Waals surface area contributed by atoms with Gasteiger partial charge in [0, 0.05) is 29.4 Å². The molecule has 3 aromatic rings. The molecular formula is C19H20N2O. The molecule has 1 N–H and O–H groups in total. The molecular weight excluding hydrogens is 272 g/mol. The van der Waals surface area contributed by atoms with Crippen LogP contribution in [0.5, 0.6) is 5.75 Å². The first-order valence-electron chi connectivity index (χ1n) is 7.49. The lowest BCUT2D eigenvalue weighted by molar-refractivity contribution is 0.415. The zero-order valence-electron chi connectivity index (χ0n) is 13.0. The number of benzene rings is 2. The smallest absolute Gasteiger partial charge is 0.121 e. The zero-order chi connectivity index (χ0) is 15.4. The topological polar surface area (TPSA) is 34.1 Å². The third-order valence-corrected chi connectivity index (χ3v) is 3.72. The molecule has 0 amide bonds. The Morgan fingerprint density at radius 2 is 1.86 bits per heavy atom. The highest BCUT2D eigenvalue weighted by Gasteiger charge is 2.05. The second-order valence-corrected chi connectivity index (χ2v) is 5.36. The molecule has 3 heteroatoms. The van der Waals surface area contributed by atoms with Gasteiger partial charge in [-0.25, -0.2) is 0 Å². The van der Waals surface area contributed by atoms with E-state index in [-0.39, 0.29) is 0 Å². The quantitative estimate of drug-likeness (QED) is 0.765. The molecule has 112 valence electrons. The van der Waals surface area contributed by atoms with Gasteiger partial charge < -0.3 is 10.1 Å². The second-order valence-electron chi connectivity index (χ2n) is 5.36. The maximum Gasteiger partial charge on any atom is 0.121 e. The lowest BCUT2D eigenvalue weighted by atomic mass is 10.1. The Hall–Kier alpha value is -2.55. The van der Waals surface area contributed by atoms with Crippen LogP contribution >= 0.6 is 0 Å². The number of hydrogen-bond donors (Lipinski definition) is 1. The van der Waals surface area contributed by atoms with Crippen molar-refractivity contribution in [3.8, 4) is 5.75 Å². The predicted octanol–water partition coefficient (Wildman–Crippen LogP) is 4.21.